The lowest BCUT2D eigenvalue weighted by Crippen LogP contribution is -2.38. The number of halogens is 2. The number of fused-ring (bicyclic) bond motifs is 1. The van der Waals surface area contributed by atoms with Gasteiger partial charge in [-0.1, -0.05) is 23.2 Å². The molecular formula is C23H21Cl2N7O2. The number of pyridine rings is 1. The number of hydrogen-bond donors (Lipinski definition) is 1. The fourth-order valence-electron chi connectivity index (χ4n) is 4.45. The van der Waals surface area contributed by atoms with Gasteiger partial charge in [0.05, 0.1) is 15.6 Å². The minimum Gasteiger partial charge on any atom is -0.378 e. The second-order valence-electron chi connectivity index (χ2n) is 8.34. The van der Waals surface area contributed by atoms with Crippen molar-refractivity contribution < 1.29 is 4.92 Å². The Hall–Kier alpha value is -3.43. The van der Waals surface area contributed by atoms with Crippen LogP contribution >= 0.6 is 23.2 Å². The van der Waals surface area contributed by atoms with Crippen LogP contribution in [0.15, 0.2) is 48.8 Å². The summed E-state index contributed by atoms with van der Waals surface area (Å²) in [6.45, 7) is 1.61. The number of piperidine rings is 1. The number of hydrogen-bond acceptors (Lipinski definition) is 7. The van der Waals surface area contributed by atoms with Crippen molar-refractivity contribution in [3.63, 3.8) is 0 Å². The molecule has 1 aliphatic rings. The predicted octanol–water partition coefficient (Wildman–Crippen LogP) is 5.05. The van der Waals surface area contributed by atoms with Crippen molar-refractivity contribution in [3.05, 3.63) is 74.6 Å². The molecule has 0 bridgehead atoms. The molecular weight excluding hydrogens is 477 g/mol. The fourth-order valence-corrected chi connectivity index (χ4v) is 4.96. The third kappa shape index (κ3) is 4.36. The number of benzene rings is 1. The highest BCUT2D eigenvalue weighted by Crippen LogP contribution is 2.32. The van der Waals surface area contributed by atoms with E-state index in [-0.39, 0.29) is 11.5 Å². The minimum absolute atomic E-state index is 0.0514. The Labute approximate surface area is 205 Å². The van der Waals surface area contributed by atoms with Crippen LogP contribution in [0.4, 0.5) is 17.5 Å². The summed E-state index contributed by atoms with van der Waals surface area (Å²) >= 11 is 12.5. The van der Waals surface area contributed by atoms with E-state index >= 15 is 0 Å². The number of nitrogens with zero attached hydrogens (tertiary/aromatic N) is 6. The lowest BCUT2D eigenvalue weighted by molar-refractivity contribution is -0.384. The molecule has 34 heavy (non-hydrogen) atoms. The normalized spacial score (nSPS) is 16.2. The molecule has 0 amide bonds. The van der Waals surface area contributed by atoms with Crippen molar-refractivity contribution >= 4 is 46.3 Å². The van der Waals surface area contributed by atoms with E-state index < -0.39 is 4.92 Å². The molecule has 2 N–H and O–H groups in total. The van der Waals surface area contributed by atoms with Crippen molar-refractivity contribution in [2.45, 2.75) is 19.3 Å². The van der Waals surface area contributed by atoms with Gasteiger partial charge in [0.15, 0.2) is 0 Å². The van der Waals surface area contributed by atoms with E-state index in [1.54, 1.807) is 24.4 Å². The number of anilines is 2. The summed E-state index contributed by atoms with van der Waals surface area (Å²) in [5, 5.41) is 12.1. The van der Waals surface area contributed by atoms with Gasteiger partial charge >= 0.3 is 5.69 Å². The Morgan fingerprint density at radius 2 is 2.03 bits per heavy atom. The number of nitrogens with two attached hydrogens (primary N) is 1. The standard InChI is InChI=1S/C23H21Cl2N7O2/c24-15-3-5-17(18(25)11-15)19-12-21-27-7-9-31(21)23(29-19)30-8-1-2-14(13-30)10-16-4-6-20(32(33)34)22(26)28-16/h3-7,9,11-12,14H,1-2,8,10,13H2,(H2,26,28). The van der Waals surface area contributed by atoms with Crippen LogP contribution in [-0.2, 0) is 6.42 Å². The highest BCUT2D eigenvalue weighted by molar-refractivity contribution is 6.36. The Kier molecular flexibility index (Phi) is 5.97. The van der Waals surface area contributed by atoms with Gasteiger partial charge in [0.1, 0.15) is 5.65 Å². The zero-order valence-electron chi connectivity index (χ0n) is 18.1. The van der Waals surface area contributed by atoms with Crippen LogP contribution in [0.3, 0.4) is 0 Å². The van der Waals surface area contributed by atoms with Crippen LogP contribution in [-0.4, -0.2) is 37.4 Å². The van der Waals surface area contributed by atoms with Crippen LogP contribution in [0, 0.1) is 16.0 Å². The first-order chi connectivity index (χ1) is 16.4. The molecule has 1 atom stereocenters. The van der Waals surface area contributed by atoms with Gasteiger partial charge in [-0.15, -0.1) is 0 Å². The molecule has 0 spiro atoms. The maximum absolute atomic E-state index is 11.0. The van der Waals surface area contributed by atoms with Crippen LogP contribution in [0.1, 0.15) is 18.5 Å². The van der Waals surface area contributed by atoms with Gasteiger partial charge in [-0.25, -0.2) is 15.0 Å². The van der Waals surface area contributed by atoms with Crippen LogP contribution in [0.2, 0.25) is 10.0 Å². The average Bonchev–Trinajstić information content (AvgIpc) is 3.27. The van der Waals surface area contributed by atoms with E-state index in [9.17, 15) is 10.1 Å². The van der Waals surface area contributed by atoms with E-state index in [1.165, 1.54) is 6.07 Å². The quantitative estimate of drug-likeness (QED) is 0.303. The number of aromatic nitrogens is 4. The lowest BCUT2D eigenvalue weighted by Gasteiger charge is -2.34. The smallest absolute Gasteiger partial charge is 0.311 e. The van der Waals surface area contributed by atoms with Gasteiger partial charge in [0, 0.05) is 53.9 Å². The third-order valence-electron chi connectivity index (χ3n) is 6.03. The second-order valence-corrected chi connectivity index (χ2v) is 9.19. The molecule has 11 heteroatoms. The van der Waals surface area contributed by atoms with Crippen molar-refractivity contribution in [1.29, 1.82) is 0 Å². The first kappa shape index (κ1) is 22.4. The maximum atomic E-state index is 11.0. The molecule has 3 aromatic heterocycles. The summed E-state index contributed by atoms with van der Waals surface area (Å²) < 4.78 is 1.97. The molecule has 0 saturated carbocycles. The van der Waals surface area contributed by atoms with Gasteiger partial charge in [0.2, 0.25) is 11.8 Å². The SMILES string of the molecule is Nc1nc(CC2CCCN(c3nc(-c4ccc(Cl)cc4Cl)cc4nccn34)C2)ccc1[N+](=O)[O-]. The average molecular weight is 498 g/mol. The van der Waals surface area contributed by atoms with E-state index in [4.69, 9.17) is 33.9 Å². The molecule has 0 aliphatic carbocycles. The summed E-state index contributed by atoms with van der Waals surface area (Å²) in [4.78, 5) is 26.4. The van der Waals surface area contributed by atoms with E-state index in [0.29, 0.717) is 22.4 Å². The molecule has 5 rings (SSSR count). The molecule has 1 saturated heterocycles. The summed E-state index contributed by atoms with van der Waals surface area (Å²) in [6.07, 6.45) is 6.32. The topological polar surface area (TPSA) is 115 Å². The van der Waals surface area contributed by atoms with Crippen molar-refractivity contribution in [1.82, 2.24) is 19.4 Å². The zero-order valence-corrected chi connectivity index (χ0v) is 19.6. The van der Waals surface area contributed by atoms with Crippen LogP contribution in [0.5, 0.6) is 0 Å². The highest BCUT2D eigenvalue weighted by Gasteiger charge is 2.25. The summed E-state index contributed by atoms with van der Waals surface area (Å²) in [5.41, 5.74) is 8.66. The Bertz CT molecular complexity index is 1390. The molecule has 0 radical (unpaired) electrons. The maximum Gasteiger partial charge on any atom is 0.311 e. The van der Waals surface area contributed by atoms with Crippen molar-refractivity contribution in [2.75, 3.05) is 23.7 Å². The number of nitrogen functional groups attached to an aromatic ring is 1. The van der Waals surface area contributed by atoms with Gasteiger partial charge in [0.25, 0.3) is 0 Å². The Morgan fingerprint density at radius 1 is 1.18 bits per heavy atom. The Morgan fingerprint density at radius 3 is 2.79 bits per heavy atom. The monoisotopic (exact) mass is 497 g/mol. The summed E-state index contributed by atoms with van der Waals surface area (Å²) in [6, 6.07) is 10.4. The zero-order chi connectivity index (χ0) is 23.8. The van der Waals surface area contributed by atoms with Crippen molar-refractivity contribution in [3.8, 4) is 11.3 Å². The molecule has 1 aromatic carbocycles. The van der Waals surface area contributed by atoms with Crippen LogP contribution < -0.4 is 10.6 Å². The molecule has 174 valence electrons. The Balaban J connectivity index is 1.44. The van der Waals surface area contributed by atoms with E-state index in [0.717, 1.165) is 54.5 Å². The lowest BCUT2D eigenvalue weighted by atomic mass is 9.93. The third-order valence-corrected chi connectivity index (χ3v) is 6.58. The molecule has 1 aliphatic heterocycles. The molecule has 4 aromatic rings. The summed E-state index contributed by atoms with van der Waals surface area (Å²) in [5.74, 6) is 1.03. The highest BCUT2D eigenvalue weighted by atomic mass is 35.5. The van der Waals surface area contributed by atoms with E-state index in [2.05, 4.69) is 14.9 Å². The van der Waals surface area contributed by atoms with Crippen molar-refractivity contribution in [2.24, 2.45) is 5.92 Å². The molecule has 4 heterocycles. The largest absolute Gasteiger partial charge is 0.378 e. The second kappa shape index (κ2) is 9.08. The predicted molar refractivity (Wildman–Crippen MR) is 132 cm³/mol. The molecule has 1 fully saturated rings. The van der Waals surface area contributed by atoms with Gasteiger partial charge in [-0.05, 0) is 49.4 Å². The van der Waals surface area contributed by atoms with Crippen LogP contribution in [0.25, 0.3) is 16.9 Å². The number of imidazole rings is 1. The van der Waals surface area contributed by atoms with Gasteiger partial charge < -0.3 is 10.6 Å². The van der Waals surface area contributed by atoms with Gasteiger partial charge in [-0.3, -0.25) is 14.5 Å². The van der Waals surface area contributed by atoms with E-state index in [1.807, 2.05) is 22.7 Å². The summed E-state index contributed by atoms with van der Waals surface area (Å²) in [7, 11) is 0. The minimum atomic E-state index is -0.517. The number of nitro groups is 1. The first-order valence-electron chi connectivity index (χ1n) is 10.8. The fraction of sp³-hybridized carbons (Fsp3) is 0.261. The van der Waals surface area contributed by atoms with Gasteiger partial charge in [-0.2, -0.15) is 0 Å². The first-order valence-corrected chi connectivity index (χ1v) is 11.6. The molecule has 9 nitrogen and oxygen atoms in total. The molecule has 1 unspecified atom stereocenters. The number of rotatable bonds is 5.